The number of nitrogens with zero attached hydrogens (tertiary/aromatic N) is 2. The summed E-state index contributed by atoms with van der Waals surface area (Å²) in [4.78, 5) is 6.93. The average molecular weight is 249 g/mol. The fourth-order valence-electron chi connectivity index (χ4n) is 2.28. The minimum absolute atomic E-state index is 0.401. The molecule has 2 heterocycles. The third kappa shape index (κ3) is 3.77. The van der Waals surface area contributed by atoms with Crippen molar-refractivity contribution < 1.29 is 4.74 Å². The van der Waals surface area contributed by atoms with E-state index >= 15 is 0 Å². The minimum atomic E-state index is 0.401. The van der Waals surface area contributed by atoms with Crippen LogP contribution in [0.4, 0.5) is 0 Å². The maximum Gasteiger partial charge on any atom is 0.0710 e. The summed E-state index contributed by atoms with van der Waals surface area (Å²) in [5.41, 5.74) is 2.39. The number of nitrogens with one attached hydrogen (secondary N) is 1. The Balaban J connectivity index is 1.83. The smallest absolute Gasteiger partial charge is 0.0710 e. The standard InChI is InChI=1S/C14H23N3O/c1-3-15-8-12-4-5-13(16-9-12)10-17-7-6-14(11-17)18-2/h4-5,9,14-15H,3,6-8,10-11H2,1-2H3. The molecule has 1 saturated heterocycles. The summed E-state index contributed by atoms with van der Waals surface area (Å²) in [6, 6.07) is 4.29. The molecule has 2 rings (SSSR count). The maximum absolute atomic E-state index is 5.37. The van der Waals surface area contributed by atoms with Crippen LogP contribution in [0.3, 0.4) is 0 Å². The summed E-state index contributed by atoms with van der Waals surface area (Å²) in [5, 5.41) is 3.30. The lowest BCUT2D eigenvalue weighted by molar-refractivity contribution is 0.107. The quantitative estimate of drug-likeness (QED) is 0.827. The minimum Gasteiger partial charge on any atom is -0.380 e. The van der Waals surface area contributed by atoms with E-state index in [2.05, 4.69) is 34.3 Å². The highest BCUT2D eigenvalue weighted by molar-refractivity contribution is 5.14. The molecule has 0 bridgehead atoms. The van der Waals surface area contributed by atoms with Gasteiger partial charge in [0, 0.05) is 39.5 Å². The Morgan fingerprint density at radius 2 is 2.39 bits per heavy atom. The van der Waals surface area contributed by atoms with Gasteiger partial charge in [-0.15, -0.1) is 0 Å². The predicted molar refractivity (Wildman–Crippen MR) is 72.3 cm³/mol. The van der Waals surface area contributed by atoms with Crippen molar-refractivity contribution in [3.05, 3.63) is 29.6 Å². The van der Waals surface area contributed by atoms with E-state index in [-0.39, 0.29) is 0 Å². The molecule has 0 aromatic carbocycles. The zero-order valence-corrected chi connectivity index (χ0v) is 11.4. The summed E-state index contributed by atoms with van der Waals surface area (Å²) < 4.78 is 5.37. The van der Waals surface area contributed by atoms with Crippen LogP contribution < -0.4 is 5.32 Å². The number of hydrogen-bond acceptors (Lipinski definition) is 4. The van der Waals surface area contributed by atoms with Gasteiger partial charge < -0.3 is 10.1 Å². The van der Waals surface area contributed by atoms with Gasteiger partial charge >= 0.3 is 0 Å². The zero-order valence-electron chi connectivity index (χ0n) is 11.4. The van der Waals surface area contributed by atoms with Gasteiger partial charge in [0.1, 0.15) is 0 Å². The summed E-state index contributed by atoms with van der Waals surface area (Å²) in [6.07, 6.45) is 3.51. The largest absolute Gasteiger partial charge is 0.380 e. The molecule has 0 amide bonds. The van der Waals surface area contributed by atoms with Gasteiger partial charge in [-0.25, -0.2) is 0 Å². The molecule has 0 radical (unpaired) electrons. The first-order chi connectivity index (χ1) is 8.81. The molecule has 1 fully saturated rings. The van der Waals surface area contributed by atoms with Crippen LogP contribution in [0.5, 0.6) is 0 Å². The average Bonchev–Trinajstić information content (AvgIpc) is 2.86. The van der Waals surface area contributed by atoms with Crippen molar-refractivity contribution in [2.75, 3.05) is 26.7 Å². The Labute approximate surface area is 109 Å². The first-order valence-corrected chi connectivity index (χ1v) is 6.71. The lowest BCUT2D eigenvalue weighted by Crippen LogP contribution is -2.23. The Morgan fingerprint density at radius 1 is 1.50 bits per heavy atom. The van der Waals surface area contributed by atoms with Crippen molar-refractivity contribution in [2.45, 2.75) is 32.5 Å². The number of ether oxygens (including phenoxy) is 1. The van der Waals surface area contributed by atoms with E-state index in [1.54, 1.807) is 7.11 Å². The zero-order chi connectivity index (χ0) is 12.8. The van der Waals surface area contributed by atoms with Crippen LogP contribution in [0.1, 0.15) is 24.6 Å². The van der Waals surface area contributed by atoms with Crippen LogP contribution in [0, 0.1) is 0 Å². The maximum atomic E-state index is 5.37. The van der Waals surface area contributed by atoms with E-state index in [0.29, 0.717) is 6.10 Å². The Bertz CT molecular complexity index is 353. The Morgan fingerprint density at radius 3 is 3.00 bits per heavy atom. The van der Waals surface area contributed by atoms with Gasteiger partial charge in [-0.1, -0.05) is 13.0 Å². The van der Waals surface area contributed by atoms with Crippen molar-refractivity contribution in [3.8, 4) is 0 Å². The Kier molecular flexibility index (Phi) is 5.11. The van der Waals surface area contributed by atoms with Gasteiger partial charge in [-0.3, -0.25) is 9.88 Å². The third-order valence-corrected chi connectivity index (χ3v) is 3.41. The molecule has 1 atom stereocenters. The third-order valence-electron chi connectivity index (χ3n) is 3.41. The van der Waals surface area contributed by atoms with Crippen LogP contribution >= 0.6 is 0 Å². The number of hydrogen-bond donors (Lipinski definition) is 1. The first-order valence-electron chi connectivity index (χ1n) is 6.71. The van der Waals surface area contributed by atoms with Gasteiger partial charge in [-0.2, -0.15) is 0 Å². The molecule has 1 aliphatic rings. The monoisotopic (exact) mass is 249 g/mol. The molecule has 4 heteroatoms. The predicted octanol–water partition coefficient (Wildman–Crippen LogP) is 1.41. The molecule has 1 unspecified atom stereocenters. The first kappa shape index (κ1) is 13.5. The number of methoxy groups -OCH3 is 1. The van der Waals surface area contributed by atoms with Gasteiger partial charge in [0.2, 0.25) is 0 Å². The van der Waals surface area contributed by atoms with E-state index in [1.165, 1.54) is 5.56 Å². The second-order valence-corrected chi connectivity index (χ2v) is 4.82. The van der Waals surface area contributed by atoms with Crippen LogP contribution in [-0.2, 0) is 17.8 Å². The number of aromatic nitrogens is 1. The lowest BCUT2D eigenvalue weighted by Gasteiger charge is -2.15. The topological polar surface area (TPSA) is 37.4 Å². The van der Waals surface area contributed by atoms with E-state index < -0.39 is 0 Å². The van der Waals surface area contributed by atoms with Crippen LogP contribution in [0.15, 0.2) is 18.3 Å². The fourth-order valence-corrected chi connectivity index (χ4v) is 2.28. The molecule has 0 aliphatic carbocycles. The number of likely N-dealkylation sites (tertiary alicyclic amines) is 1. The second-order valence-electron chi connectivity index (χ2n) is 4.82. The van der Waals surface area contributed by atoms with Crippen LogP contribution in [0.2, 0.25) is 0 Å². The van der Waals surface area contributed by atoms with Crippen LogP contribution in [0.25, 0.3) is 0 Å². The van der Waals surface area contributed by atoms with Crippen molar-refractivity contribution in [1.29, 1.82) is 0 Å². The molecule has 1 aromatic rings. The normalized spacial score (nSPS) is 20.4. The molecule has 100 valence electrons. The summed E-state index contributed by atoms with van der Waals surface area (Å²) in [7, 11) is 1.79. The summed E-state index contributed by atoms with van der Waals surface area (Å²) in [6.45, 7) is 7.08. The second kappa shape index (κ2) is 6.83. The van der Waals surface area contributed by atoms with Crippen LogP contribution in [-0.4, -0.2) is 42.7 Å². The number of rotatable bonds is 6. The van der Waals surface area contributed by atoms with E-state index in [9.17, 15) is 0 Å². The molecule has 0 saturated carbocycles. The highest BCUT2D eigenvalue weighted by Gasteiger charge is 2.21. The van der Waals surface area contributed by atoms with Gasteiger partial charge in [0.05, 0.1) is 11.8 Å². The molecular weight excluding hydrogens is 226 g/mol. The molecule has 4 nitrogen and oxygen atoms in total. The highest BCUT2D eigenvalue weighted by Crippen LogP contribution is 2.14. The van der Waals surface area contributed by atoms with E-state index in [4.69, 9.17) is 4.74 Å². The summed E-state index contributed by atoms with van der Waals surface area (Å²) >= 11 is 0. The lowest BCUT2D eigenvalue weighted by atomic mass is 10.2. The van der Waals surface area contributed by atoms with Crippen molar-refractivity contribution in [2.24, 2.45) is 0 Å². The molecule has 1 N–H and O–H groups in total. The van der Waals surface area contributed by atoms with Gasteiger partial charge in [-0.05, 0) is 24.6 Å². The number of pyridine rings is 1. The molecular formula is C14H23N3O. The summed E-state index contributed by atoms with van der Waals surface area (Å²) in [5.74, 6) is 0. The molecule has 1 aliphatic heterocycles. The molecule has 1 aromatic heterocycles. The van der Waals surface area contributed by atoms with Gasteiger partial charge in [0.15, 0.2) is 0 Å². The van der Waals surface area contributed by atoms with Gasteiger partial charge in [0.25, 0.3) is 0 Å². The van der Waals surface area contributed by atoms with Crippen molar-refractivity contribution in [3.63, 3.8) is 0 Å². The van der Waals surface area contributed by atoms with E-state index in [0.717, 1.165) is 44.8 Å². The Hall–Kier alpha value is -0.970. The molecule has 0 spiro atoms. The molecule has 18 heavy (non-hydrogen) atoms. The van der Waals surface area contributed by atoms with Crippen molar-refractivity contribution >= 4 is 0 Å². The fraction of sp³-hybridized carbons (Fsp3) is 0.643. The SMILES string of the molecule is CCNCc1ccc(CN2CCC(OC)C2)nc1. The van der Waals surface area contributed by atoms with Crippen molar-refractivity contribution in [1.82, 2.24) is 15.2 Å². The highest BCUT2D eigenvalue weighted by atomic mass is 16.5. The van der Waals surface area contributed by atoms with E-state index in [1.807, 2.05) is 6.20 Å².